The predicted octanol–water partition coefficient (Wildman–Crippen LogP) is 5.62. The summed E-state index contributed by atoms with van der Waals surface area (Å²) in [6, 6.07) is 23.0. The molecular formula is C25H22N4O2. The Labute approximate surface area is 179 Å². The van der Waals surface area contributed by atoms with Crippen molar-refractivity contribution in [2.75, 3.05) is 0 Å². The van der Waals surface area contributed by atoms with Gasteiger partial charge in [0.25, 0.3) is 0 Å². The van der Waals surface area contributed by atoms with E-state index in [2.05, 4.69) is 15.2 Å². The number of fused-ring (bicyclic) bond motifs is 1. The lowest BCUT2D eigenvalue weighted by Crippen LogP contribution is -2.01. The number of hydrogen-bond acceptors (Lipinski definition) is 4. The van der Waals surface area contributed by atoms with E-state index >= 15 is 0 Å². The lowest BCUT2D eigenvalue weighted by Gasteiger charge is -2.14. The summed E-state index contributed by atoms with van der Waals surface area (Å²) in [6.07, 6.45) is 0. The van der Waals surface area contributed by atoms with E-state index in [-0.39, 0.29) is 17.4 Å². The summed E-state index contributed by atoms with van der Waals surface area (Å²) >= 11 is 0. The molecule has 0 fully saturated rings. The van der Waals surface area contributed by atoms with Crippen molar-refractivity contribution in [2.45, 2.75) is 19.8 Å². The molecule has 0 aliphatic heterocycles. The van der Waals surface area contributed by atoms with Crippen LogP contribution in [0.25, 0.3) is 39.5 Å². The summed E-state index contributed by atoms with van der Waals surface area (Å²) in [4.78, 5) is 3.41. The number of benzene rings is 3. The van der Waals surface area contributed by atoms with Crippen molar-refractivity contribution in [1.29, 1.82) is 0 Å². The molecule has 2 heterocycles. The third-order valence-corrected chi connectivity index (χ3v) is 5.46. The van der Waals surface area contributed by atoms with E-state index in [1.165, 1.54) is 6.07 Å². The number of aromatic amines is 1. The van der Waals surface area contributed by atoms with Gasteiger partial charge in [-0.15, -0.1) is 10.2 Å². The van der Waals surface area contributed by atoms with E-state index in [4.69, 9.17) is 0 Å². The fraction of sp³-hybridized carbons (Fsp3) is 0.120. The molecule has 154 valence electrons. The molecule has 0 atom stereocenters. The lowest BCUT2D eigenvalue weighted by molar-refractivity contribution is 0.444. The molecule has 6 heteroatoms. The van der Waals surface area contributed by atoms with Crippen LogP contribution in [0.4, 0.5) is 0 Å². The molecule has 0 radical (unpaired) electrons. The zero-order valence-electron chi connectivity index (χ0n) is 17.2. The second kappa shape index (κ2) is 7.32. The smallest absolute Gasteiger partial charge is 0.185 e. The third-order valence-electron chi connectivity index (χ3n) is 5.46. The molecule has 6 nitrogen and oxygen atoms in total. The minimum Gasteiger partial charge on any atom is -0.508 e. The minimum absolute atomic E-state index is 0.0466. The van der Waals surface area contributed by atoms with Crippen LogP contribution in [0, 0.1) is 0 Å². The van der Waals surface area contributed by atoms with E-state index in [1.807, 2.05) is 79.1 Å². The van der Waals surface area contributed by atoms with Crippen LogP contribution in [-0.4, -0.2) is 30.0 Å². The number of para-hydroxylation sites is 2. The van der Waals surface area contributed by atoms with Crippen molar-refractivity contribution < 1.29 is 10.2 Å². The Hall–Kier alpha value is -4.06. The molecule has 0 saturated carbocycles. The van der Waals surface area contributed by atoms with Crippen LogP contribution in [0.15, 0.2) is 72.8 Å². The number of rotatable bonds is 4. The number of H-pyrrole nitrogens is 1. The van der Waals surface area contributed by atoms with Gasteiger partial charge >= 0.3 is 0 Å². The normalized spacial score (nSPS) is 11.5. The van der Waals surface area contributed by atoms with Crippen LogP contribution in [-0.2, 0) is 0 Å². The maximum absolute atomic E-state index is 10.7. The van der Waals surface area contributed by atoms with Crippen LogP contribution >= 0.6 is 0 Å². The molecule has 3 N–H and O–H groups in total. The van der Waals surface area contributed by atoms with Crippen LogP contribution < -0.4 is 0 Å². The van der Waals surface area contributed by atoms with Crippen LogP contribution in [0.1, 0.15) is 25.3 Å². The van der Waals surface area contributed by atoms with Gasteiger partial charge in [0.1, 0.15) is 11.5 Å². The van der Waals surface area contributed by atoms with E-state index in [0.717, 1.165) is 27.8 Å². The summed E-state index contributed by atoms with van der Waals surface area (Å²) < 4.78 is 1.92. The monoisotopic (exact) mass is 410 g/mol. The summed E-state index contributed by atoms with van der Waals surface area (Å²) in [6.45, 7) is 3.99. The first-order valence-electron chi connectivity index (χ1n) is 10.2. The molecule has 2 aromatic heterocycles. The fourth-order valence-corrected chi connectivity index (χ4v) is 3.88. The van der Waals surface area contributed by atoms with Gasteiger partial charge in [-0.05, 0) is 41.8 Å². The highest BCUT2D eigenvalue weighted by Crippen LogP contribution is 2.39. The Morgan fingerprint density at radius 3 is 2.26 bits per heavy atom. The van der Waals surface area contributed by atoms with Crippen molar-refractivity contribution in [3.63, 3.8) is 0 Å². The zero-order chi connectivity index (χ0) is 21.5. The SMILES string of the molecule is CC(C)c1cc(-c2nnc(-c3cc4ccccc4[nH]3)n2-c2ccccc2)c(O)cc1O. The van der Waals surface area contributed by atoms with Gasteiger partial charge in [0, 0.05) is 22.7 Å². The van der Waals surface area contributed by atoms with E-state index in [9.17, 15) is 10.2 Å². The summed E-state index contributed by atoms with van der Waals surface area (Å²) in [5.41, 5.74) is 3.96. The van der Waals surface area contributed by atoms with Crippen LogP contribution in [0.5, 0.6) is 11.5 Å². The molecule has 0 amide bonds. The largest absolute Gasteiger partial charge is 0.508 e. The Kier molecular flexibility index (Phi) is 4.47. The summed E-state index contributed by atoms with van der Waals surface area (Å²) in [7, 11) is 0. The molecule has 0 spiro atoms. The van der Waals surface area contributed by atoms with Gasteiger partial charge in [0.2, 0.25) is 0 Å². The third kappa shape index (κ3) is 3.22. The fourth-order valence-electron chi connectivity index (χ4n) is 3.88. The molecule has 31 heavy (non-hydrogen) atoms. The second-order valence-electron chi connectivity index (χ2n) is 7.87. The van der Waals surface area contributed by atoms with Crippen molar-refractivity contribution in [3.05, 3.63) is 78.4 Å². The van der Waals surface area contributed by atoms with Gasteiger partial charge in [-0.3, -0.25) is 4.57 Å². The highest BCUT2D eigenvalue weighted by Gasteiger charge is 2.22. The molecular weight excluding hydrogens is 388 g/mol. The highest BCUT2D eigenvalue weighted by atomic mass is 16.3. The van der Waals surface area contributed by atoms with Gasteiger partial charge in [-0.1, -0.05) is 50.2 Å². The lowest BCUT2D eigenvalue weighted by atomic mass is 9.98. The number of phenols is 2. The first-order valence-corrected chi connectivity index (χ1v) is 10.2. The average molecular weight is 410 g/mol. The van der Waals surface area contributed by atoms with Gasteiger partial charge in [-0.25, -0.2) is 0 Å². The standard InChI is InChI=1S/C25H22N4O2/c1-15(2)18-13-19(23(31)14-22(18)30)24-27-28-25(29(24)17-9-4-3-5-10-17)21-12-16-8-6-7-11-20(16)26-21/h3-15,26,30-31H,1-2H3. The maximum atomic E-state index is 10.7. The zero-order valence-corrected chi connectivity index (χ0v) is 17.2. The quantitative estimate of drug-likeness (QED) is 0.359. The molecule has 0 unspecified atom stereocenters. The highest BCUT2D eigenvalue weighted by molar-refractivity contribution is 5.85. The first-order chi connectivity index (χ1) is 15.0. The van der Waals surface area contributed by atoms with Crippen molar-refractivity contribution in [3.8, 4) is 40.1 Å². The number of nitrogens with zero attached hydrogens (tertiary/aromatic N) is 3. The molecule has 0 aliphatic carbocycles. The molecule has 0 aliphatic rings. The van der Waals surface area contributed by atoms with Gasteiger partial charge in [0.05, 0.1) is 11.3 Å². The molecule has 5 aromatic rings. The topological polar surface area (TPSA) is 87.0 Å². The number of aromatic hydroxyl groups is 2. The van der Waals surface area contributed by atoms with Crippen LogP contribution in [0.2, 0.25) is 0 Å². The maximum Gasteiger partial charge on any atom is 0.185 e. The van der Waals surface area contributed by atoms with E-state index < -0.39 is 0 Å². The van der Waals surface area contributed by atoms with Gasteiger partial charge < -0.3 is 15.2 Å². The van der Waals surface area contributed by atoms with E-state index in [1.54, 1.807) is 6.07 Å². The minimum atomic E-state index is -0.0466. The van der Waals surface area contributed by atoms with Crippen molar-refractivity contribution >= 4 is 10.9 Å². The van der Waals surface area contributed by atoms with Crippen LogP contribution in [0.3, 0.4) is 0 Å². The van der Waals surface area contributed by atoms with E-state index in [0.29, 0.717) is 17.2 Å². The second-order valence-corrected chi connectivity index (χ2v) is 7.87. The van der Waals surface area contributed by atoms with Crippen molar-refractivity contribution in [2.24, 2.45) is 0 Å². The Morgan fingerprint density at radius 1 is 0.806 bits per heavy atom. The summed E-state index contributed by atoms with van der Waals surface area (Å²) in [5.74, 6) is 1.24. The average Bonchev–Trinajstić information content (AvgIpc) is 3.38. The molecule has 0 bridgehead atoms. The Morgan fingerprint density at radius 2 is 1.52 bits per heavy atom. The number of aromatic nitrogens is 4. The van der Waals surface area contributed by atoms with Gasteiger partial charge in [-0.2, -0.15) is 0 Å². The molecule has 3 aromatic carbocycles. The Bertz CT molecular complexity index is 1350. The molecule has 5 rings (SSSR count). The molecule has 0 saturated heterocycles. The summed E-state index contributed by atoms with van der Waals surface area (Å²) in [5, 5.41) is 31.0. The first kappa shape index (κ1) is 18.9. The number of hydrogen-bond donors (Lipinski definition) is 3. The number of phenolic OH excluding ortho intramolecular Hbond substituents is 2. The van der Waals surface area contributed by atoms with Gasteiger partial charge in [0.15, 0.2) is 11.6 Å². The Balaban J connectivity index is 1.78. The van der Waals surface area contributed by atoms with Crippen molar-refractivity contribution in [1.82, 2.24) is 19.7 Å². The predicted molar refractivity (Wildman–Crippen MR) is 122 cm³/mol. The number of nitrogens with one attached hydrogen (secondary N) is 1.